The van der Waals surface area contributed by atoms with Gasteiger partial charge in [-0.05, 0) is 31.9 Å². The molecule has 0 saturated heterocycles. The molecule has 0 unspecified atom stereocenters. The predicted molar refractivity (Wildman–Crippen MR) is 57.4 cm³/mol. The van der Waals surface area contributed by atoms with Crippen molar-refractivity contribution in [2.24, 2.45) is 5.73 Å². The van der Waals surface area contributed by atoms with Gasteiger partial charge in [0.1, 0.15) is 0 Å². The van der Waals surface area contributed by atoms with Gasteiger partial charge in [-0.3, -0.25) is 4.79 Å². The number of rotatable bonds is 1. The fourth-order valence-electron chi connectivity index (χ4n) is 1.69. The van der Waals surface area contributed by atoms with Gasteiger partial charge in [-0.2, -0.15) is 0 Å². The Morgan fingerprint density at radius 1 is 1.13 bits per heavy atom. The molecule has 1 aromatic rings. The lowest BCUT2D eigenvalue weighted by molar-refractivity contribution is 0.265. The van der Waals surface area contributed by atoms with E-state index in [1.54, 1.807) is 26.0 Å². The van der Waals surface area contributed by atoms with Gasteiger partial charge in [-0.25, -0.2) is 8.42 Å². The minimum atomic E-state index is -4.02. The fourth-order valence-corrected chi connectivity index (χ4v) is 2.86. The van der Waals surface area contributed by atoms with Crippen LogP contribution in [-0.4, -0.2) is 13.7 Å². The molecule has 0 bridgehead atoms. The highest BCUT2D eigenvalue weighted by Crippen LogP contribution is 2.22. The van der Waals surface area contributed by atoms with Crippen LogP contribution in [0.3, 0.4) is 0 Å². The number of carbonyl (C=O) groups is 1. The van der Waals surface area contributed by atoms with Crippen molar-refractivity contribution in [3.8, 4) is 0 Å². The maximum absolute atomic E-state index is 11.6. The molecule has 0 radical (unpaired) electrons. The van der Waals surface area contributed by atoms with Gasteiger partial charge in [0.25, 0.3) is 9.84 Å². The molecule has 0 saturated carbocycles. The van der Waals surface area contributed by atoms with E-state index in [4.69, 9.17) is 5.73 Å². The molecule has 0 aliphatic heterocycles. The summed E-state index contributed by atoms with van der Waals surface area (Å²) in [5, 5.41) is -1.31. The second-order valence-electron chi connectivity index (χ2n) is 3.55. The summed E-state index contributed by atoms with van der Waals surface area (Å²) in [5.74, 6) is 0. The fraction of sp³-hybridized carbons (Fsp3) is 0.300. The third kappa shape index (κ3) is 2.02. The van der Waals surface area contributed by atoms with E-state index >= 15 is 0 Å². The molecule has 0 aliphatic rings. The Hall–Kier alpha value is -1.36. The topological polar surface area (TPSA) is 77.2 Å². The van der Waals surface area contributed by atoms with Crippen molar-refractivity contribution < 1.29 is 13.2 Å². The number of nitrogens with two attached hydrogens (primary N) is 1. The van der Waals surface area contributed by atoms with Gasteiger partial charge in [-0.1, -0.05) is 17.7 Å². The van der Waals surface area contributed by atoms with Gasteiger partial charge in [0.05, 0.1) is 4.90 Å². The van der Waals surface area contributed by atoms with Crippen LogP contribution in [0, 0.1) is 20.8 Å². The summed E-state index contributed by atoms with van der Waals surface area (Å²) >= 11 is 0. The summed E-state index contributed by atoms with van der Waals surface area (Å²) in [4.78, 5) is 10.9. The Morgan fingerprint density at radius 2 is 1.53 bits per heavy atom. The zero-order valence-electron chi connectivity index (χ0n) is 8.87. The van der Waals surface area contributed by atoms with Crippen molar-refractivity contribution >= 4 is 15.1 Å². The number of hydrogen-bond donors (Lipinski definition) is 1. The average molecular weight is 227 g/mol. The summed E-state index contributed by atoms with van der Waals surface area (Å²) in [6, 6.07) is 3.42. The molecule has 1 rings (SSSR count). The Morgan fingerprint density at radius 3 is 1.87 bits per heavy atom. The van der Waals surface area contributed by atoms with Crippen molar-refractivity contribution in [2.75, 3.05) is 0 Å². The number of amides is 1. The monoisotopic (exact) mass is 227 g/mol. The molecule has 1 aromatic carbocycles. The van der Waals surface area contributed by atoms with E-state index in [0.717, 1.165) is 5.56 Å². The van der Waals surface area contributed by atoms with E-state index < -0.39 is 15.1 Å². The summed E-state index contributed by atoms with van der Waals surface area (Å²) in [5.41, 5.74) is 6.90. The first kappa shape index (κ1) is 11.7. The Labute approximate surface area is 89.0 Å². The van der Waals surface area contributed by atoms with E-state index in [0.29, 0.717) is 11.1 Å². The molecular weight excluding hydrogens is 214 g/mol. The van der Waals surface area contributed by atoms with Gasteiger partial charge >= 0.3 is 5.24 Å². The Bertz CT molecular complexity index is 494. The highest BCUT2D eigenvalue weighted by atomic mass is 32.2. The van der Waals surface area contributed by atoms with Crippen molar-refractivity contribution in [2.45, 2.75) is 25.7 Å². The summed E-state index contributed by atoms with van der Waals surface area (Å²) in [7, 11) is -4.02. The van der Waals surface area contributed by atoms with Crippen LogP contribution in [-0.2, 0) is 9.84 Å². The van der Waals surface area contributed by atoms with Crippen LogP contribution in [0.5, 0.6) is 0 Å². The predicted octanol–water partition coefficient (Wildman–Crippen LogP) is 1.46. The molecule has 15 heavy (non-hydrogen) atoms. The van der Waals surface area contributed by atoms with Crippen LogP contribution in [0.4, 0.5) is 4.79 Å². The van der Waals surface area contributed by atoms with E-state index in [-0.39, 0.29) is 4.90 Å². The minimum absolute atomic E-state index is 0.0283. The Balaban J connectivity index is 3.60. The zero-order chi connectivity index (χ0) is 11.8. The van der Waals surface area contributed by atoms with Crippen molar-refractivity contribution in [3.63, 3.8) is 0 Å². The van der Waals surface area contributed by atoms with Crippen LogP contribution in [0.2, 0.25) is 0 Å². The lowest BCUT2D eigenvalue weighted by Gasteiger charge is -2.09. The number of primary amides is 1. The average Bonchev–Trinajstić information content (AvgIpc) is 2.00. The van der Waals surface area contributed by atoms with Crippen LogP contribution in [0.25, 0.3) is 0 Å². The van der Waals surface area contributed by atoms with Crippen molar-refractivity contribution in [3.05, 3.63) is 28.8 Å². The molecule has 2 N–H and O–H groups in total. The summed E-state index contributed by atoms with van der Waals surface area (Å²) in [6.45, 7) is 5.16. The van der Waals surface area contributed by atoms with Crippen molar-refractivity contribution in [1.29, 1.82) is 0 Å². The zero-order valence-corrected chi connectivity index (χ0v) is 9.68. The SMILES string of the molecule is Cc1cc(C)c(S(=O)(=O)C(N)=O)c(C)c1. The third-order valence-electron chi connectivity index (χ3n) is 2.14. The third-order valence-corrected chi connectivity index (χ3v) is 3.85. The lowest BCUT2D eigenvalue weighted by Crippen LogP contribution is -2.23. The molecule has 0 aliphatic carbocycles. The first-order chi connectivity index (χ1) is 6.76. The highest BCUT2D eigenvalue weighted by Gasteiger charge is 2.25. The maximum Gasteiger partial charge on any atom is 0.338 e. The normalized spacial score (nSPS) is 11.4. The number of benzene rings is 1. The van der Waals surface area contributed by atoms with Crippen LogP contribution >= 0.6 is 0 Å². The quantitative estimate of drug-likeness (QED) is 0.789. The van der Waals surface area contributed by atoms with Gasteiger partial charge in [-0.15, -0.1) is 0 Å². The molecule has 0 spiro atoms. The van der Waals surface area contributed by atoms with E-state index in [2.05, 4.69) is 0 Å². The van der Waals surface area contributed by atoms with Gasteiger partial charge in [0, 0.05) is 0 Å². The van der Waals surface area contributed by atoms with Crippen molar-refractivity contribution in [1.82, 2.24) is 0 Å². The van der Waals surface area contributed by atoms with Crippen LogP contribution in [0.15, 0.2) is 17.0 Å². The van der Waals surface area contributed by atoms with E-state index in [1.165, 1.54) is 0 Å². The molecular formula is C10H13NO3S. The number of hydrogen-bond acceptors (Lipinski definition) is 3. The standard InChI is InChI=1S/C10H13NO3S/c1-6-4-7(2)9(8(3)5-6)15(13,14)10(11)12/h4-5H,1-3H3,(H2,11,12). The van der Waals surface area contributed by atoms with Gasteiger partial charge in [0.2, 0.25) is 0 Å². The van der Waals surface area contributed by atoms with Crippen LogP contribution in [0.1, 0.15) is 16.7 Å². The summed E-state index contributed by atoms with van der Waals surface area (Å²) in [6.07, 6.45) is 0. The lowest BCUT2D eigenvalue weighted by atomic mass is 10.1. The maximum atomic E-state index is 11.6. The number of sulfone groups is 1. The second kappa shape index (κ2) is 3.66. The van der Waals surface area contributed by atoms with E-state index in [9.17, 15) is 13.2 Å². The first-order valence-electron chi connectivity index (χ1n) is 4.39. The molecule has 4 nitrogen and oxygen atoms in total. The molecule has 0 heterocycles. The molecule has 0 aromatic heterocycles. The largest absolute Gasteiger partial charge is 0.356 e. The summed E-state index contributed by atoms with van der Waals surface area (Å²) < 4.78 is 23.2. The van der Waals surface area contributed by atoms with Crippen LogP contribution < -0.4 is 5.73 Å². The molecule has 82 valence electrons. The Kier molecular flexibility index (Phi) is 2.86. The molecule has 0 atom stereocenters. The van der Waals surface area contributed by atoms with Gasteiger partial charge < -0.3 is 5.73 Å². The number of aryl methyl sites for hydroxylation is 3. The molecule has 0 fully saturated rings. The number of carbonyl (C=O) groups excluding carboxylic acids is 1. The smallest absolute Gasteiger partial charge is 0.338 e. The molecule has 5 heteroatoms. The van der Waals surface area contributed by atoms with E-state index in [1.807, 2.05) is 6.92 Å². The van der Waals surface area contributed by atoms with Gasteiger partial charge in [0.15, 0.2) is 0 Å². The second-order valence-corrected chi connectivity index (χ2v) is 5.37. The highest BCUT2D eigenvalue weighted by molar-refractivity contribution is 8.06. The minimum Gasteiger partial charge on any atom is -0.356 e. The molecule has 1 amide bonds. The first-order valence-corrected chi connectivity index (χ1v) is 5.87.